The van der Waals surface area contributed by atoms with Crippen LogP contribution >= 0.6 is 49.2 Å². The molecule has 0 fully saturated rings. The number of alkyl halides is 1. The number of carbonyl (C=O) groups is 1. The quantitative estimate of drug-likeness (QED) is 0.465. The fourth-order valence-corrected chi connectivity index (χ4v) is 7.93. The molecule has 0 heterocycles. The molecule has 0 aliphatic rings. The van der Waals surface area contributed by atoms with Crippen LogP contribution in [0.3, 0.4) is 0 Å². The van der Waals surface area contributed by atoms with Gasteiger partial charge in [-0.1, -0.05) is 29.3 Å². The van der Waals surface area contributed by atoms with E-state index in [0.29, 0.717) is 6.42 Å². The summed E-state index contributed by atoms with van der Waals surface area (Å²) in [4.78, 5) is 11.0. The fraction of sp³-hybridized carbons (Fsp3) is 0.857. The Labute approximate surface area is 107 Å². The molecule has 2 atom stereocenters. The predicted octanol–water partition coefficient (Wildman–Crippen LogP) is 4.05. The van der Waals surface area contributed by atoms with Crippen molar-refractivity contribution in [3.05, 3.63) is 0 Å². The first kappa shape index (κ1) is 15.0. The van der Waals surface area contributed by atoms with E-state index in [2.05, 4.69) is 15.9 Å². The molecule has 2 nitrogen and oxygen atoms in total. The van der Waals surface area contributed by atoms with E-state index in [-0.39, 0.29) is 0 Å². The Morgan fingerprint density at radius 1 is 1.57 bits per heavy atom. The summed E-state index contributed by atoms with van der Waals surface area (Å²) >= 11 is 20.8. The first-order valence-electron chi connectivity index (χ1n) is 4.13. The highest BCUT2D eigenvalue weighted by molar-refractivity contribution is 9.10. The fourth-order valence-electron chi connectivity index (χ4n) is 1.18. The number of hydrogen-bond acceptors (Lipinski definition) is 1. The Balaban J connectivity index is 4.91. The highest BCUT2D eigenvalue weighted by atomic mass is 79.9. The molecule has 0 saturated carbocycles. The van der Waals surface area contributed by atoms with Crippen molar-refractivity contribution in [3.63, 3.8) is 0 Å². The molecule has 0 bridgehead atoms. The van der Waals surface area contributed by atoms with Crippen LogP contribution < -0.4 is 0 Å². The first-order chi connectivity index (χ1) is 6.14. The molecule has 14 heavy (non-hydrogen) atoms. The molecule has 1 N–H and O–H groups in total. The normalized spacial score (nSPS) is 18.7. The number of halogens is 4. The SMILES string of the molecule is CCCC(C(C)(Br)C(=O)O)[Si](Cl)(Cl)Cl. The summed E-state index contributed by atoms with van der Waals surface area (Å²) in [6.07, 6.45) is 1.39. The van der Waals surface area contributed by atoms with Gasteiger partial charge in [-0.25, -0.2) is 0 Å². The molecule has 0 aromatic carbocycles. The van der Waals surface area contributed by atoms with Crippen molar-refractivity contribution in [2.75, 3.05) is 0 Å². The van der Waals surface area contributed by atoms with E-state index in [1.807, 2.05) is 6.92 Å². The van der Waals surface area contributed by atoms with Crippen LogP contribution in [0.4, 0.5) is 0 Å². The number of carboxylic acids is 1. The van der Waals surface area contributed by atoms with Crippen molar-refractivity contribution < 1.29 is 9.90 Å². The summed E-state index contributed by atoms with van der Waals surface area (Å²) in [5.41, 5.74) is -0.428. The summed E-state index contributed by atoms with van der Waals surface area (Å²) in [5, 5.41) is 9.00. The van der Waals surface area contributed by atoms with Gasteiger partial charge in [-0.2, -0.15) is 0 Å². The van der Waals surface area contributed by atoms with Gasteiger partial charge in [-0.15, -0.1) is 33.2 Å². The maximum Gasteiger partial charge on any atom is 0.346 e. The van der Waals surface area contributed by atoms with Gasteiger partial charge in [0.2, 0.25) is 0 Å². The molecule has 0 rings (SSSR count). The van der Waals surface area contributed by atoms with Crippen molar-refractivity contribution >= 4 is 61.1 Å². The van der Waals surface area contributed by atoms with Crippen LogP contribution in [-0.4, -0.2) is 21.4 Å². The molecule has 0 aliphatic heterocycles. The summed E-state index contributed by atoms with van der Waals surface area (Å²) in [6, 6.07) is -3.02. The van der Waals surface area contributed by atoms with Crippen molar-refractivity contribution in [1.82, 2.24) is 0 Å². The van der Waals surface area contributed by atoms with Crippen LogP contribution in [0.25, 0.3) is 0 Å². The molecule has 0 aliphatic carbocycles. The third kappa shape index (κ3) is 3.89. The molecular weight excluding hydrogens is 330 g/mol. The van der Waals surface area contributed by atoms with E-state index in [4.69, 9.17) is 38.3 Å². The largest absolute Gasteiger partial charge is 0.480 e. The molecule has 7 heteroatoms. The smallest absolute Gasteiger partial charge is 0.346 e. The lowest BCUT2D eigenvalue weighted by atomic mass is 10.0. The van der Waals surface area contributed by atoms with Crippen molar-refractivity contribution in [2.45, 2.75) is 36.6 Å². The van der Waals surface area contributed by atoms with E-state index in [1.165, 1.54) is 6.92 Å². The molecule has 0 amide bonds. The van der Waals surface area contributed by atoms with E-state index in [0.717, 1.165) is 6.42 Å². The topological polar surface area (TPSA) is 37.3 Å². The molecule has 2 unspecified atom stereocenters. The molecule has 0 spiro atoms. The molecule has 84 valence electrons. The summed E-state index contributed by atoms with van der Waals surface area (Å²) in [7, 11) is 0. The minimum Gasteiger partial charge on any atom is -0.480 e. The second-order valence-corrected chi connectivity index (χ2v) is 13.8. The maximum atomic E-state index is 11.0. The average molecular weight is 343 g/mol. The number of hydrogen-bond donors (Lipinski definition) is 1. The molecule has 0 aromatic heterocycles. The van der Waals surface area contributed by atoms with Crippen LogP contribution in [0.1, 0.15) is 26.7 Å². The second-order valence-electron chi connectivity index (χ2n) is 3.26. The molecular formula is C7H12BrCl3O2Si. The predicted molar refractivity (Wildman–Crippen MR) is 66.9 cm³/mol. The third-order valence-corrected chi connectivity index (χ3v) is 7.39. The number of aliphatic carboxylic acids is 1. The van der Waals surface area contributed by atoms with Gasteiger partial charge in [0.1, 0.15) is 4.32 Å². The highest BCUT2D eigenvalue weighted by Gasteiger charge is 2.51. The minimum atomic E-state index is -3.02. The van der Waals surface area contributed by atoms with Gasteiger partial charge >= 0.3 is 12.0 Å². The van der Waals surface area contributed by atoms with Crippen molar-refractivity contribution in [2.24, 2.45) is 0 Å². The van der Waals surface area contributed by atoms with E-state index < -0.39 is 21.8 Å². The van der Waals surface area contributed by atoms with Crippen LogP contribution in [0, 0.1) is 0 Å². The Morgan fingerprint density at radius 3 is 2.21 bits per heavy atom. The van der Waals surface area contributed by atoms with Gasteiger partial charge in [-0.05, 0) is 13.3 Å². The zero-order chi connectivity index (χ0) is 11.6. The lowest BCUT2D eigenvalue weighted by Gasteiger charge is -2.32. The van der Waals surface area contributed by atoms with Crippen molar-refractivity contribution in [3.8, 4) is 0 Å². The molecule has 0 saturated heterocycles. The van der Waals surface area contributed by atoms with Crippen LogP contribution in [-0.2, 0) is 4.79 Å². The Hall–Kier alpha value is 1.04. The maximum absolute atomic E-state index is 11.0. The van der Waals surface area contributed by atoms with Crippen LogP contribution in [0.5, 0.6) is 0 Å². The van der Waals surface area contributed by atoms with Gasteiger partial charge in [-0.3, -0.25) is 4.79 Å². The van der Waals surface area contributed by atoms with Crippen LogP contribution in [0.15, 0.2) is 0 Å². The van der Waals surface area contributed by atoms with Gasteiger partial charge in [0.05, 0.1) is 0 Å². The monoisotopic (exact) mass is 340 g/mol. The number of carboxylic acid groups (broad SMARTS) is 1. The van der Waals surface area contributed by atoms with E-state index in [9.17, 15) is 4.79 Å². The van der Waals surface area contributed by atoms with Crippen LogP contribution in [0.2, 0.25) is 5.54 Å². The van der Waals surface area contributed by atoms with E-state index in [1.54, 1.807) is 0 Å². The summed E-state index contributed by atoms with van der Waals surface area (Å²) < 4.78 is -1.15. The second kappa shape index (κ2) is 5.39. The van der Waals surface area contributed by atoms with Gasteiger partial charge < -0.3 is 5.11 Å². The third-order valence-electron chi connectivity index (χ3n) is 2.05. The zero-order valence-corrected chi connectivity index (χ0v) is 12.7. The van der Waals surface area contributed by atoms with Gasteiger partial charge in [0.15, 0.2) is 0 Å². The summed E-state index contributed by atoms with van der Waals surface area (Å²) in [6.45, 7) is 3.47. The summed E-state index contributed by atoms with van der Waals surface area (Å²) in [5.74, 6) is -0.991. The molecule has 0 radical (unpaired) electrons. The Morgan fingerprint density at radius 2 is 2.00 bits per heavy atom. The average Bonchev–Trinajstić information content (AvgIpc) is 1.97. The Kier molecular flexibility index (Phi) is 5.79. The standard InChI is InChI=1S/C7H12BrCl3O2Si/c1-3-4-5(14(9,10)11)7(2,8)6(12)13/h5H,3-4H2,1-2H3,(H,12,13). The lowest BCUT2D eigenvalue weighted by Crippen LogP contribution is -2.41. The lowest BCUT2D eigenvalue weighted by molar-refractivity contribution is -0.139. The van der Waals surface area contributed by atoms with E-state index >= 15 is 0 Å². The number of rotatable bonds is 5. The van der Waals surface area contributed by atoms with Gasteiger partial charge in [0, 0.05) is 5.54 Å². The van der Waals surface area contributed by atoms with Crippen molar-refractivity contribution in [1.29, 1.82) is 0 Å². The minimum absolute atomic E-state index is 0.428. The Bertz CT molecular complexity index is 217. The molecule has 0 aromatic rings. The van der Waals surface area contributed by atoms with Gasteiger partial charge in [0.25, 0.3) is 0 Å². The highest BCUT2D eigenvalue weighted by Crippen LogP contribution is 2.48. The zero-order valence-electron chi connectivity index (χ0n) is 7.86. The first-order valence-corrected chi connectivity index (χ1v) is 10.0.